The van der Waals surface area contributed by atoms with Gasteiger partial charge in [0.25, 0.3) is 0 Å². The van der Waals surface area contributed by atoms with E-state index in [1.54, 1.807) is 0 Å². The quantitative estimate of drug-likeness (QED) is 0.507. The Bertz CT molecular complexity index is 159. The molecule has 2 atom stereocenters. The summed E-state index contributed by atoms with van der Waals surface area (Å²) in [4.78, 5) is 10.4. The Labute approximate surface area is 58.7 Å². The fraction of sp³-hybridized carbons (Fsp3) is 0.667. The first-order valence-corrected chi connectivity index (χ1v) is 4.23. The van der Waals surface area contributed by atoms with Crippen molar-refractivity contribution in [1.82, 2.24) is 5.32 Å². The normalized spacial score (nSPS) is 30.8. The van der Waals surface area contributed by atoms with Crippen LogP contribution in [0.2, 0.25) is 0 Å². The highest BCUT2D eigenvalue weighted by Crippen LogP contribution is 2.16. The van der Waals surface area contributed by atoms with Crippen molar-refractivity contribution in [2.75, 3.05) is 6.54 Å². The molecule has 4 nitrogen and oxygen atoms in total. The van der Waals surface area contributed by atoms with Crippen LogP contribution >= 0.6 is 11.8 Å². The summed E-state index contributed by atoms with van der Waals surface area (Å²) in [6.07, 6.45) is 0. The van der Waals surface area contributed by atoms with Crippen LogP contribution in [0.4, 0.5) is 0 Å². The molecule has 0 radical (unpaired) electrons. The Hall–Kier alpha value is 0.0900. The van der Waals surface area contributed by atoms with E-state index >= 15 is 0 Å². The van der Waals surface area contributed by atoms with Gasteiger partial charge >= 0.3 is 0 Å². The molecule has 0 aromatic rings. The maximum atomic E-state index is 10.4. The molecule has 0 saturated carbocycles. The Morgan fingerprint density at radius 3 is 2.78 bits per heavy atom. The largest absolute Gasteiger partial charge is 0.770 e. The Kier molecular flexibility index (Phi) is 2.23. The number of thioether (sulfide) groups is 1. The molecular weight excluding hydrogens is 162 g/mol. The molecule has 0 spiro atoms. The van der Waals surface area contributed by atoms with Gasteiger partial charge in [0.05, 0.1) is 6.54 Å². The van der Waals surface area contributed by atoms with Crippen molar-refractivity contribution in [3.8, 4) is 0 Å². The van der Waals surface area contributed by atoms with E-state index in [9.17, 15) is 13.6 Å². The van der Waals surface area contributed by atoms with E-state index in [1.165, 1.54) is 0 Å². The van der Waals surface area contributed by atoms with Gasteiger partial charge in [-0.25, -0.2) is 0 Å². The first-order chi connectivity index (χ1) is 4.20. The van der Waals surface area contributed by atoms with Crippen LogP contribution in [0.25, 0.3) is 0 Å². The zero-order chi connectivity index (χ0) is 6.85. The summed E-state index contributed by atoms with van der Waals surface area (Å²) in [5, 5.41) is 2.39. The number of nitrogens with one attached hydrogen (secondary N) is 1. The first-order valence-electron chi connectivity index (χ1n) is 2.21. The summed E-state index contributed by atoms with van der Waals surface area (Å²) in [5.74, 6) is 0. The highest BCUT2D eigenvalue weighted by atomic mass is 32.2. The number of hydrogen-bond donors (Lipinski definition) is 1. The number of carbonyl (C=O) groups is 1. The summed E-state index contributed by atoms with van der Waals surface area (Å²) in [5.41, 5.74) is 0. The Morgan fingerprint density at radius 1 is 1.89 bits per heavy atom. The average molecular weight is 166 g/mol. The summed E-state index contributed by atoms with van der Waals surface area (Å²) >= 11 is -1.37. The maximum Gasteiger partial charge on any atom is 0.205 e. The second-order valence-electron chi connectivity index (χ2n) is 1.46. The van der Waals surface area contributed by atoms with Crippen LogP contribution in [0.1, 0.15) is 0 Å². The Balaban J connectivity index is 2.48. The lowest BCUT2D eigenvalue weighted by molar-refractivity contribution is -0.109. The highest BCUT2D eigenvalue weighted by molar-refractivity contribution is 8.21. The van der Waals surface area contributed by atoms with Crippen molar-refractivity contribution in [1.29, 1.82) is 0 Å². The van der Waals surface area contributed by atoms with E-state index in [0.717, 1.165) is 11.8 Å². The molecule has 0 aliphatic carbocycles. The van der Waals surface area contributed by atoms with Crippen LogP contribution < -0.4 is 5.32 Å². The standard InChI is InChI=1S/C3H5NO3S2/c5-2-1-4-3(8-2)9(6)7/h3-4H,1H2,(H,6,7)/p-1. The topological polar surface area (TPSA) is 69.2 Å². The van der Waals surface area contributed by atoms with Gasteiger partial charge in [-0.2, -0.15) is 0 Å². The van der Waals surface area contributed by atoms with Gasteiger partial charge in [0.2, 0.25) is 5.12 Å². The predicted molar refractivity (Wildman–Crippen MR) is 33.3 cm³/mol. The molecule has 0 aromatic carbocycles. The zero-order valence-corrected chi connectivity index (χ0v) is 5.96. The van der Waals surface area contributed by atoms with E-state index in [-0.39, 0.29) is 11.7 Å². The molecule has 0 amide bonds. The molecule has 9 heavy (non-hydrogen) atoms. The highest BCUT2D eigenvalue weighted by Gasteiger charge is 2.22. The van der Waals surface area contributed by atoms with E-state index in [1.807, 2.05) is 0 Å². The predicted octanol–water partition coefficient (Wildman–Crippen LogP) is -0.988. The minimum absolute atomic E-state index is 0.121. The molecule has 0 bridgehead atoms. The van der Waals surface area contributed by atoms with Crippen molar-refractivity contribution in [3.63, 3.8) is 0 Å². The van der Waals surface area contributed by atoms with E-state index in [0.29, 0.717) is 0 Å². The second-order valence-corrected chi connectivity index (χ2v) is 3.92. The van der Waals surface area contributed by atoms with Gasteiger partial charge in [0.15, 0.2) is 0 Å². The smallest absolute Gasteiger partial charge is 0.205 e. The molecule has 1 fully saturated rings. The lowest BCUT2D eigenvalue weighted by Crippen LogP contribution is -2.24. The minimum Gasteiger partial charge on any atom is -0.770 e. The molecule has 1 saturated heterocycles. The summed E-state index contributed by atoms with van der Waals surface area (Å²) < 4.78 is 19.5. The van der Waals surface area contributed by atoms with Crippen molar-refractivity contribution < 1.29 is 13.6 Å². The van der Waals surface area contributed by atoms with Gasteiger partial charge in [0.1, 0.15) is 4.71 Å². The van der Waals surface area contributed by atoms with Gasteiger partial charge in [-0.3, -0.25) is 14.3 Å². The van der Waals surface area contributed by atoms with E-state index in [2.05, 4.69) is 5.32 Å². The number of carbonyl (C=O) groups excluding carboxylic acids is 1. The lowest BCUT2D eigenvalue weighted by Gasteiger charge is -2.09. The molecule has 6 heteroatoms. The summed E-state index contributed by atoms with van der Waals surface area (Å²) in [6.45, 7) is 0.156. The Morgan fingerprint density at radius 2 is 2.56 bits per heavy atom. The number of hydrogen-bond acceptors (Lipinski definition) is 5. The van der Waals surface area contributed by atoms with Gasteiger partial charge in [-0.15, -0.1) is 0 Å². The van der Waals surface area contributed by atoms with Gasteiger partial charge in [0, 0.05) is 0 Å². The zero-order valence-electron chi connectivity index (χ0n) is 4.33. The van der Waals surface area contributed by atoms with Crippen LogP contribution in [0.3, 0.4) is 0 Å². The molecule has 1 heterocycles. The van der Waals surface area contributed by atoms with Crippen LogP contribution in [0.15, 0.2) is 0 Å². The molecule has 52 valence electrons. The van der Waals surface area contributed by atoms with Gasteiger partial charge < -0.3 is 4.55 Å². The molecule has 1 rings (SSSR count). The monoisotopic (exact) mass is 166 g/mol. The third-order valence-electron chi connectivity index (χ3n) is 0.826. The third kappa shape index (κ3) is 1.75. The van der Waals surface area contributed by atoms with Gasteiger partial charge in [-0.1, -0.05) is 11.8 Å². The summed E-state index contributed by atoms with van der Waals surface area (Å²) in [6, 6.07) is 0. The van der Waals surface area contributed by atoms with Gasteiger partial charge in [-0.05, 0) is 11.1 Å². The molecule has 2 unspecified atom stereocenters. The fourth-order valence-electron chi connectivity index (χ4n) is 0.477. The third-order valence-corrected chi connectivity index (χ3v) is 2.89. The molecule has 1 N–H and O–H groups in total. The van der Waals surface area contributed by atoms with E-state index < -0.39 is 15.8 Å². The maximum absolute atomic E-state index is 10.4. The van der Waals surface area contributed by atoms with Crippen LogP contribution in [0.5, 0.6) is 0 Å². The molecular formula is C3H4NO3S2-. The van der Waals surface area contributed by atoms with Crippen LogP contribution in [-0.4, -0.2) is 25.1 Å². The van der Waals surface area contributed by atoms with E-state index in [4.69, 9.17) is 0 Å². The summed E-state index contributed by atoms with van der Waals surface area (Å²) in [7, 11) is 0. The van der Waals surface area contributed by atoms with Crippen molar-refractivity contribution in [2.24, 2.45) is 0 Å². The van der Waals surface area contributed by atoms with Crippen molar-refractivity contribution >= 4 is 28.0 Å². The van der Waals surface area contributed by atoms with Crippen LogP contribution in [0, 0.1) is 0 Å². The first kappa shape index (κ1) is 7.20. The van der Waals surface area contributed by atoms with Crippen molar-refractivity contribution in [2.45, 2.75) is 4.71 Å². The average Bonchev–Trinajstić information content (AvgIpc) is 2.14. The molecule has 0 aromatic heterocycles. The molecule has 1 aliphatic heterocycles. The SMILES string of the molecule is O=C1CNC(S(=O)[O-])S1. The fourth-order valence-corrected chi connectivity index (χ4v) is 1.90. The lowest BCUT2D eigenvalue weighted by atomic mass is 10.7. The second kappa shape index (κ2) is 2.78. The minimum atomic E-state index is -2.18. The van der Waals surface area contributed by atoms with Crippen molar-refractivity contribution in [3.05, 3.63) is 0 Å². The number of rotatable bonds is 1. The van der Waals surface area contributed by atoms with Crippen LogP contribution in [-0.2, 0) is 15.9 Å². The molecule has 1 aliphatic rings.